The van der Waals surface area contributed by atoms with Gasteiger partial charge >= 0.3 is 0 Å². The average Bonchev–Trinajstić information content (AvgIpc) is 2.69. The molecule has 0 N–H and O–H groups in total. The summed E-state index contributed by atoms with van der Waals surface area (Å²) in [6.45, 7) is 6.76. The van der Waals surface area contributed by atoms with E-state index >= 15 is 0 Å². The standard InChI is InChI=1S/C21H28FN5O/c1-5-18-23-15(2)14-19(24-18)26-10-12-27(13-11-26)21(28)20(25(3)4)16-6-8-17(22)9-7-16/h6-9,14,20H,5,10-13H2,1-4H3. The smallest absolute Gasteiger partial charge is 0.244 e. The number of hydrogen-bond acceptors (Lipinski definition) is 5. The van der Waals surface area contributed by atoms with Gasteiger partial charge in [-0.1, -0.05) is 19.1 Å². The highest BCUT2D eigenvalue weighted by molar-refractivity contribution is 5.83. The highest BCUT2D eigenvalue weighted by Gasteiger charge is 2.30. The van der Waals surface area contributed by atoms with Gasteiger partial charge in [-0.2, -0.15) is 0 Å². The van der Waals surface area contributed by atoms with Crippen molar-refractivity contribution < 1.29 is 9.18 Å². The summed E-state index contributed by atoms with van der Waals surface area (Å²) in [5.41, 5.74) is 1.77. The number of carbonyl (C=O) groups is 1. The van der Waals surface area contributed by atoms with Gasteiger partial charge in [0, 0.05) is 44.4 Å². The minimum Gasteiger partial charge on any atom is -0.353 e. The van der Waals surface area contributed by atoms with Gasteiger partial charge in [0.2, 0.25) is 5.91 Å². The average molecular weight is 385 g/mol. The molecule has 2 heterocycles. The molecule has 1 aromatic heterocycles. The summed E-state index contributed by atoms with van der Waals surface area (Å²) < 4.78 is 13.3. The first-order valence-electron chi connectivity index (χ1n) is 9.69. The van der Waals surface area contributed by atoms with E-state index in [-0.39, 0.29) is 11.7 Å². The van der Waals surface area contributed by atoms with Gasteiger partial charge in [0.1, 0.15) is 23.5 Å². The maximum Gasteiger partial charge on any atom is 0.244 e. The zero-order valence-electron chi connectivity index (χ0n) is 17.0. The molecule has 3 rings (SSSR count). The monoisotopic (exact) mass is 385 g/mol. The first-order valence-corrected chi connectivity index (χ1v) is 9.69. The van der Waals surface area contributed by atoms with Crippen molar-refractivity contribution in [2.45, 2.75) is 26.3 Å². The Morgan fingerprint density at radius 2 is 1.79 bits per heavy atom. The molecule has 1 saturated heterocycles. The van der Waals surface area contributed by atoms with Crippen molar-refractivity contribution in [3.8, 4) is 0 Å². The van der Waals surface area contributed by atoms with Gasteiger partial charge < -0.3 is 9.80 Å². The lowest BCUT2D eigenvalue weighted by Gasteiger charge is -2.38. The normalized spacial score (nSPS) is 15.8. The Morgan fingerprint density at radius 3 is 2.36 bits per heavy atom. The minimum atomic E-state index is -0.417. The van der Waals surface area contributed by atoms with Crippen LogP contribution >= 0.6 is 0 Å². The molecule has 1 fully saturated rings. The van der Waals surface area contributed by atoms with E-state index in [1.54, 1.807) is 12.1 Å². The fourth-order valence-electron chi connectivity index (χ4n) is 3.57. The Balaban J connectivity index is 1.70. The van der Waals surface area contributed by atoms with Crippen LogP contribution in [-0.4, -0.2) is 65.9 Å². The van der Waals surface area contributed by atoms with Crippen LogP contribution < -0.4 is 4.90 Å². The molecule has 0 saturated carbocycles. The van der Waals surface area contributed by atoms with Crippen molar-refractivity contribution in [1.82, 2.24) is 19.8 Å². The van der Waals surface area contributed by atoms with E-state index in [1.807, 2.05) is 43.8 Å². The number of amides is 1. The number of rotatable bonds is 5. The summed E-state index contributed by atoms with van der Waals surface area (Å²) >= 11 is 0. The number of aromatic nitrogens is 2. The molecule has 0 spiro atoms. The van der Waals surface area contributed by atoms with Crippen LogP contribution in [0.15, 0.2) is 30.3 Å². The second-order valence-electron chi connectivity index (χ2n) is 7.37. The van der Waals surface area contributed by atoms with Gasteiger partial charge in [-0.3, -0.25) is 9.69 Å². The van der Waals surface area contributed by atoms with Crippen LogP contribution in [0, 0.1) is 12.7 Å². The summed E-state index contributed by atoms with van der Waals surface area (Å²) in [4.78, 5) is 28.2. The number of piperazine rings is 1. The van der Waals surface area contributed by atoms with Crippen LogP contribution in [0.3, 0.4) is 0 Å². The first kappa shape index (κ1) is 20.2. The predicted octanol–water partition coefficient (Wildman–Crippen LogP) is 2.44. The molecule has 2 aromatic rings. The third-order valence-electron chi connectivity index (χ3n) is 5.05. The van der Waals surface area contributed by atoms with Crippen molar-refractivity contribution in [1.29, 1.82) is 0 Å². The summed E-state index contributed by atoms with van der Waals surface area (Å²) in [5, 5.41) is 0. The lowest BCUT2D eigenvalue weighted by atomic mass is 10.0. The second kappa shape index (κ2) is 8.65. The zero-order valence-corrected chi connectivity index (χ0v) is 17.0. The van der Waals surface area contributed by atoms with Crippen LogP contribution in [0.1, 0.15) is 30.0 Å². The molecule has 1 unspecified atom stereocenters. The van der Waals surface area contributed by atoms with E-state index in [1.165, 1.54) is 12.1 Å². The summed E-state index contributed by atoms with van der Waals surface area (Å²) in [5.74, 6) is 1.52. The second-order valence-corrected chi connectivity index (χ2v) is 7.37. The fraction of sp³-hybridized carbons (Fsp3) is 0.476. The number of likely N-dealkylation sites (N-methyl/N-ethyl adjacent to an activating group) is 1. The molecule has 0 radical (unpaired) electrons. The molecule has 0 aliphatic carbocycles. The number of anilines is 1. The molecule has 28 heavy (non-hydrogen) atoms. The van der Waals surface area contributed by atoms with Crippen molar-refractivity contribution in [2.24, 2.45) is 0 Å². The van der Waals surface area contributed by atoms with Gasteiger partial charge in [-0.25, -0.2) is 14.4 Å². The van der Waals surface area contributed by atoms with E-state index in [0.29, 0.717) is 13.1 Å². The maximum atomic E-state index is 13.3. The third-order valence-corrected chi connectivity index (χ3v) is 5.05. The van der Waals surface area contributed by atoms with Gasteiger partial charge in [0.25, 0.3) is 0 Å². The Hall–Kier alpha value is -2.54. The Morgan fingerprint density at radius 1 is 1.14 bits per heavy atom. The largest absolute Gasteiger partial charge is 0.353 e. The molecule has 1 aromatic carbocycles. The predicted molar refractivity (Wildman–Crippen MR) is 108 cm³/mol. The SMILES string of the molecule is CCc1nc(C)cc(N2CCN(C(=O)C(c3ccc(F)cc3)N(C)C)CC2)n1. The quantitative estimate of drug-likeness (QED) is 0.791. The van der Waals surface area contributed by atoms with Gasteiger partial charge in [0.15, 0.2) is 0 Å². The molecule has 1 atom stereocenters. The first-order chi connectivity index (χ1) is 13.4. The Kier molecular flexibility index (Phi) is 6.24. The molecular weight excluding hydrogens is 357 g/mol. The van der Waals surface area contributed by atoms with Crippen LogP contribution in [0.2, 0.25) is 0 Å². The zero-order chi connectivity index (χ0) is 20.3. The van der Waals surface area contributed by atoms with E-state index in [9.17, 15) is 9.18 Å². The van der Waals surface area contributed by atoms with Crippen LogP contribution in [0.5, 0.6) is 0 Å². The summed E-state index contributed by atoms with van der Waals surface area (Å²) in [7, 11) is 3.75. The number of carbonyl (C=O) groups excluding carboxylic acids is 1. The maximum absolute atomic E-state index is 13.3. The van der Waals surface area contributed by atoms with Crippen molar-refractivity contribution in [2.75, 3.05) is 45.2 Å². The van der Waals surface area contributed by atoms with Gasteiger partial charge in [0.05, 0.1) is 0 Å². The molecule has 1 aliphatic heterocycles. The van der Waals surface area contributed by atoms with Crippen molar-refractivity contribution in [3.63, 3.8) is 0 Å². The Bertz CT molecular complexity index is 816. The van der Waals surface area contributed by atoms with E-state index < -0.39 is 6.04 Å². The molecular formula is C21H28FN5O. The van der Waals surface area contributed by atoms with Crippen LogP contribution in [0.25, 0.3) is 0 Å². The molecule has 0 bridgehead atoms. The highest BCUT2D eigenvalue weighted by Crippen LogP contribution is 2.23. The number of benzene rings is 1. The lowest BCUT2D eigenvalue weighted by molar-refractivity contribution is -0.136. The molecule has 7 heteroatoms. The fourth-order valence-corrected chi connectivity index (χ4v) is 3.57. The molecule has 1 aliphatic rings. The van der Waals surface area contributed by atoms with E-state index in [0.717, 1.165) is 42.4 Å². The molecule has 150 valence electrons. The summed E-state index contributed by atoms with van der Waals surface area (Å²) in [6, 6.07) is 7.76. The van der Waals surface area contributed by atoms with E-state index in [4.69, 9.17) is 0 Å². The summed E-state index contributed by atoms with van der Waals surface area (Å²) in [6.07, 6.45) is 0.801. The molecule has 1 amide bonds. The Labute approximate surface area is 166 Å². The van der Waals surface area contributed by atoms with Crippen molar-refractivity contribution in [3.05, 3.63) is 53.2 Å². The van der Waals surface area contributed by atoms with E-state index in [2.05, 4.69) is 14.9 Å². The topological polar surface area (TPSA) is 52.6 Å². The number of hydrogen-bond donors (Lipinski definition) is 0. The highest BCUT2D eigenvalue weighted by atomic mass is 19.1. The number of aryl methyl sites for hydroxylation is 2. The van der Waals surface area contributed by atoms with Crippen LogP contribution in [-0.2, 0) is 11.2 Å². The van der Waals surface area contributed by atoms with Crippen LogP contribution in [0.4, 0.5) is 10.2 Å². The lowest BCUT2D eigenvalue weighted by Crippen LogP contribution is -2.51. The minimum absolute atomic E-state index is 0.0457. The number of halogens is 1. The van der Waals surface area contributed by atoms with Gasteiger partial charge in [-0.05, 0) is 38.7 Å². The number of nitrogens with zero attached hydrogens (tertiary/aromatic N) is 5. The van der Waals surface area contributed by atoms with Gasteiger partial charge in [-0.15, -0.1) is 0 Å². The van der Waals surface area contributed by atoms with Crippen molar-refractivity contribution >= 4 is 11.7 Å². The third kappa shape index (κ3) is 4.47. The molecule has 6 nitrogen and oxygen atoms in total.